The fraction of sp³-hybridized carbons (Fsp3) is 0.0714. The van der Waals surface area contributed by atoms with Gasteiger partial charge in [0.25, 0.3) is 0 Å². The van der Waals surface area contributed by atoms with Gasteiger partial charge in [0.15, 0.2) is 9.84 Å². The van der Waals surface area contributed by atoms with Gasteiger partial charge in [-0.15, -0.1) is 0 Å². The van der Waals surface area contributed by atoms with E-state index in [1.807, 2.05) is 12.1 Å². The van der Waals surface area contributed by atoms with Crippen LogP contribution in [0.5, 0.6) is 0 Å². The van der Waals surface area contributed by atoms with Crippen LogP contribution in [0.3, 0.4) is 0 Å². The fourth-order valence-corrected chi connectivity index (χ4v) is 4.03. The summed E-state index contributed by atoms with van der Waals surface area (Å²) in [5.74, 6) is -1.26. The maximum atomic E-state index is 12.6. The fourth-order valence-electron chi connectivity index (χ4n) is 2.19. The van der Waals surface area contributed by atoms with Crippen molar-refractivity contribution in [2.45, 2.75) is 4.90 Å². The van der Waals surface area contributed by atoms with Gasteiger partial charge in [0.05, 0.1) is 4.90 Å². The molecule has 9 heteroatoms. The minimum Gasteiger partial charge on any atom is -0.294 e. The summed E-state index contributed by atoms with van der Waals surface area (Å²) in [6, 6.07) is 10.2. The first-order valence-corrected chi connectivity index (χ1v) is 8.97. The van der Waals surface area contributed by atoms with Crippen LogP contribution in [0, 0.1) is 0 Å². The SMILES string of the molecule is O=C(CS(=O)(=O)c1ccc(Br)c2ccccc12)Nc1ncn[nH]1. The number of hydrogen-bond acceptors (Lipinski definition) is 5. The molecule has 23 heavy (non-hydrogen) atoms. The molecule has 3 rings (SSSR count). The Hall–Kier alpha value is -2.26. The lowest BCUT2D eigenvalue weighted by Crippen LogP contribution is -2.23. The Balaban J connectivity index is 1.94. The summed E-state index contributed by atoms with van der Waals surface area (Å²) >= 11 is 3.39. The van der Waals surface area contributed by atoms with Gasteiger partial charge in [-0.1, -0.05) is 40.2 Å². The number of fused-ring (bicyclic) bond motifs is 1. The normalized spacial score (nSPS) is 11.5. The molecular formula is C14H11BrN4O3S. The van der Waals surface area contributed by atoms with Gasteiger partial charge in [-0.2, -0.15) is 10.1 Å². The average Bonchev–Trinajstić information content (AvgIpc) is 2.99. The highest BCUT2D eigenvalue weighted by Gasteiger charge is 2.22. The molecule has 2 N–H and O–H groups in total. The largest absolute Gasteiger partial charge is 0.294 e. The summed E-state index contributed by atoms with van der Waals surface area (Å²) in [5, 5.41) is 9.69. The van der Waals surface area contributed by atoms with E-state index in [1.54, 1.807) is 18.2 Å². The number of nitrogens with zero attached hydrogens (tertiary/aromatic N) is 2. The van der Waals surface area contributed by atoms with Crippen molar-refractivity contribution in [3.05, 3.63) is 47.2 Å². The summed E-state index contributed by atoms with van der Waals surface area (Å²) in [5.41, 5.74) is 0. The van der Waals surface area contributed by atoms with E-state index < -0.39 is 21.5 Å². The zero-order valence-electron chi connectivity index (χ0n) is 11.7. The van der Waals surface area contributed by atoms with Crippen molar-refractivity contribution in [3.63, 3.8) is 0 Å². The number of benzene rings is 2. The van der Waals surface area contributed by atoms with Crippen molar-refractivity contribution in [1.29, 1.82) is 0 Å². The number of rotatable bonds is 4. The molecule has 0 aliphatic rings. The number of nitrogens with one attached hydrogen (secondary N) is 2. The zero-order chi connectivity index (χ0) is 16.4. The highest BCUT2D eigenvalue weighted by molar-refractivity contribution is 9.10. The number of halogens is 1. The van der Waals surface area contributed by atoms with E-state index in [9.17, 15) is 13.2 Å². The van der Waals surface area contributed by atoms with Gasteiger partial charge in [0.1, 0.15) is 12.1 Å². The van der Waals surface area contributed by atoms with Crippen LogP contribution in [0.1, 0.15) is 0 Å². The van der Waals surface area contributed by atoms with E-state index in [1.165, 1.54) is 12.4 Å². The Morgan fingerprint density at radius 2 is 1.91 bits per heavy atom. The van der Waals surface area contributed by atoms with E-state index >= 15 is 0 Å². The third kappa shape index (κ3) is 3.25. The van der Waals surface area contributed by atoms with Gasteiger partial charge in [-0.25, -0.2) is 13.5 Å². The molecule has 0 aliphatic heterocycles. The molecule has 118 valence electrons. The lowest BCUT2D eigenvalue weighted by Gasteiger charge is -2.09. The third-order valence-electron chi connectivity index (χ3n) is 3.16. The van der Waals surface area contributed by atoms with Gasteiger partial charge in [-0.05, 0) is 17.5 Å². The van der Waals surface area contributed by atoms with Crippen LogP contribution in [0.2, 0.25) is 0 Å². The number of aromatic nitrogens is 3. The molecule has 1 aromatic heterocycles. The van der Waals surface area contributed by atoms with Crippen LogP contribution in [0.4, 0.5) is 5.95 Å². The van der Waals surface area contributed by atoms with Crippen LogP contribution in [-0.4, -0.2) is 35.3 Å². The van der Waals surface area contributed by atoms with Crippen LogP contribution >= 0.6 is 15.9 Å². The standard InChI is InChI=1S/C14H11BrN4O3S/c15-11-5-6-12(10-4-2-1-3-9(10)11)23(21,22)7-13(20)18-14-16-8-17-19-14/h1-6,8H,7H2,(H2,16,17,18,19,20). The van der Waals surface area contributed by atoms with E-state index in [2.05, 4.69) is 36.4 Å². The molecule has 0 saturated heterocycles. The molecule has 1 amide bonds. The van der Waals surface area contributed by atoms with Crippen molar-refractivity contribution in [3.8, 4) is 0 Å². The van der Waals surface area contributed by atoms with Crippen LogP contribution in [-0.2, 0) is 14.6 Å². The number of aromatic amines is 1. The lowest BCUT2D eigenvalue weighted by atomic mass is 10.1. The van der Waals surface area contributed by atoms with Gasteiger partial charge >= 0.3 is 0 Å². The highest BCUT2D eigenvalue weighted by atomic mass is 79.9. The Labute approximate surface area is 140 Å². The first kappa shape index (κ1) is 15.6. The first-order chi connectivity index (χ1) is 11.0. The number of anilines is 1. The quantitative estimate of drug-likeness (QED) is 0.704. The number of carbonyl (C=O) groups excluding carboxylic acids is 1. The number of sulfone groups is 1. The molecule has 0 saturated carbocycles. The van der Waals surface area contributed by atoms with Crippen LogP contribution < -0.4 is 5.32 Å². The van der Waals surface area contributed by atoms with Gasteiger partial charge in [0, 0.05) is 9.86 Å². The Morgan fingerprint density at radius 1 is 1.17 bits per heavy atom. The molecular weight excluding hydrogens is 384 g/mol. The smallest absolute Gasteiger partial charge is 0.242 e. The minimum atomic E-state index is -3.80. The predicted octanol–water partition coefficient (Wildman–Crippen LogP) is 2.13. The van der Waals surface area contributed by atoms with Crippen molar-refractivity contribution in [2.75, 3.05) is 11.1 Å². The van der Waals surface area contributed by atoms with Gasteiger partial charge < -0.3 is 0 Å². The predicted molar refractivity (Wildman–Crippen MR) is 88.7 cm³/mol. The highest BCUT2D eigenvalue weighted by Crippen LogP contribution is 2.30. The first-order valence-electron chi connectivity index (χ1n) is 6.52. The molecule has 0 fully saturated rings. The summed E-state index contributed by atoms with van der Waals surface area (Å²) < 4.78 is 25.9. The van der Waals surface area contributed by atoms with Crippen molar-refractivity contribution < 1.29 is 13.2 Å². The summed E-state index contributed by atoms with van der Waals surface area (Å²) in [4.78, 5) is 15.8. The van der Waals surface area contributed by atoms with E-state index in [0.717, 1.165) is 9.86 Å². The van der Waals surface area contributed by atoms with Crippen molar-refractivity contribution in [1.82, 2.24) is 15.2 Å². The number of amides is 1. The molecule has 0 bridgehead atoms. The maximum Gasteiger partial charge on any atom is 0.242 e. The Kier molecular flexibility index (Phi) is 4.14. The third-order valence-corrected chi connectivity index (χ3v) is 5.52. The Morgan fingerprint density at radius 3 is 2.61 bits per heavy atom. The molecule has 1 heterocycles. The zero-order valence-corrected chi connectivity index (χ0v) is 14.1. The summed E-state index contributed by atoms with van der Waals surface area (Å²) in [7, 11) is -3.80. The second-order valence-corrected chi connectivity index (χ2v) is 7.54. The Bertz CT molecular complexity index is 971. The van der Waals surface area contributed by atoms with E-state index in [-0.39, 0.29) is 10.8 Å². The van der Waals surface area contributed by atoms with E-state index in [4.69, 9.17) is 0 Å². The molecule has 0 atom stereocenters. The molecule has 0 aliphatic carbocycles. The van der Waals surface area contributed by atoms with Crippen LogP contribution in [0.25, 0.3) is 10.8 Å². The number of H-pyrrole nitrogens is 1. The molecule has 7 nitrogen and oxygen atoms in total. The second-order valence-electron chi connectivity index (χ2n) is 4.73. The number of hydrogen-bond donors (Lipinski definition) is 2. The van der Waals surface area contributed by atoms with Crippen molar-refractivity contribution >= 4 is 48.4 Å². The monoisotopic (exact) mass is 394 g/mol. The summed E-state index contributed by atoms with van der Waals surface area (Å²) in [6.07, 6.45) is 1.21. The second kappa shape index (κ2) is 6.09. The van der Waals surface area contributed by atoms with Gasteiger partial charge in [-0.3, -0.25) is 10.1 Å². The molecule has 3 aromatic rings. The molecule has 0 unspecified atom stereocenters. The molecule has 2 aromatic carbocycles. The van der Waals surface area contributed by atoms with E-state index in [0.29, 0.717) is 5.39 Å². The molecule has 0 spiro atoms. The average molecular weight is 395 g/mol. The molecule has 0 radical (unpaired) electrons. The van der Waals surface area contributed by atoms with Crippen LogP contribution in [0.15, 0.2) is 52.1 Å². The van der Waals surface area contributed by atoms with Crippen molar-refractivity contribution in [2.24, 2.45) is 0 Å². The minimum absolute atomic E-state index is 0.103. The number of carbonyl (C=O) groups is 1. The summed E-state index contributed by atoms with van der Waals surface area (Å²) in [6.45, 7) is 0. The van der Waals surface area contributed by atoms with Gasteiger partial charge in [0.2, 0.25) is 11.9 Å². The maximum absolute atomic E-state index is 12.6. The topological polar surface area (TPSA) is 105 Å². The lowest BCUT2D eigenvalue weighted by molar-refractivity contribution is -0.113.